The van der Waals surface area contributed by atoms with Crippen LogP contribution in [0.3, 0.4) is 0 Å². The Bertz CT molecular complexity index is 307. The molecule has 2 saturated heterocycles. The zero-order valence-electron chi connectivity index (χ0n) is 13.3. The molecule has 0 amide bonds. The van der Waals surface area contributed by atoms with E-state index in [1.54, 1.807) is 0 Å². The summed E-state index contributed by atoms with van der Waals surface area (Å²) in [5, 5.41) is 3.51. The third kappa shape index (κ3) is 3.55. The average Bonchev–Trinajstić information content (AvgIpc) is 3.05. The molecule has 3 nitrogen and oxygen atoms in total. The van der Waals surface area contributed by atoms with Crippen LogP contribution in [-0.4, -0.2) is 48.8 Å². The predicted molar refractivity (Wildman–Crippen MR) is 83.0 cm³/mol. The van der Waals surface area contributed by atoms with Crippen molar-refractivity contribution in [1.82, 2.24) is 10.2 Å². The van der Waals surface area contributed by atoms with Gasteiger partial charge in [0.05, 0.1) is 12.2 Å². The van der Waals surface area contributed by atoms with Crippen molar-refractivity contribution < 1.29 is 4.74 Å². The second-order valence-electron chi connectivity index (χ2n) is 7.42. The van der Waals surface area contributed by atoms with Crippen LogP contribution >= 0.6 is 0 Å². The first-order valence-corrected chi connectivity index (χ1v) is 8.85. The van der Waals surface area contributed by atoms with Crippen molar-refractivity contribution in [2.75, 3.05) is 19.6 Å². The van der Waals surface area contributed by atoms with Crippen molar-refractivity contribution in [3.63, 3.8) is 0 Å². The molecule has 0 spiro atoms. The topological polar surface area (TPSA) is 24.5 Å². The number of hydrogen-bond acceptors (Lipinski definition) is 3. The minimum absolute atomic E-state index is 0.451. The molecule has 0 aromatic carbocycles. The van der Waals surface area contributed by atoms with Gasteiger partial charge in [0.15, 0.2) is 0 Å². The number of rotatable bonds is 5. The fraction of sp³-hybridized carbons (Fsp3) is 1.00. The smallest absolute Gasteiger partial charge is 0.0707 e. The molecule has 3 heteroatoms. The molecule has 3 fully saturated rings. The Hall–Kier alpha value is -0.120. The first-order valence-electron chi connectivity index (χ1n) is 8.85. The quantitative estimate of drug-likeness (QED) is 0.838. The summed E-state index contributed by atoms with van der Waals surface area (Å²) in [5.41, 5.74) is 0. The molecule has 0 bridgehead atoms. The van der Waals surface area contributed by atoms with E-state index >= 15 is 0 Å². The molecule has 4 atom stereocenters. The SMILES string of the molecule is CC(C)NCC1CCC(CN2CCC3CCCCC32)O1. The van der Waals surface area contributed by atoms with E-state index in [0.717, 1.165) is 18.5 Å². The van der Waals surface area contributed by atoms with Gasteiger partial charge in [0.1, 0.15) is 0 Å². The van der Waals surface area contributed by atoms with Gasteiger partial charge >= 0.3 is 0 Å². The third-order valence-corrected chi connectivity index (χ3v) is 5.51. The van der Waals surface area contributed by atoms with Crippen molar-refractivity contribution in [2.45, 2.75) is 83.1 Å². The van der Waals surface area contributed by atoms with E-state index in [4.69, 9.17) is 4.74 Å². The zero-order valence-corrected chi connectivity index (χ0v) is 13.3. The Balaban J connectivity index is 1.43. The lowest BCUT2D eigenvalue weighted by molar-refractivity contribution is 0.0158. The van der Waals surface area contributed by atoms with Gasteiger partial charge in [-0.25, -0.2) is 0 Å². The Morgan fingerprint density at radius 2 is 1.85 bits per heavy atom. The number of ether oxygens (including phenoxy) is 1. The van der Waals surface area contributed by atoms with Crippen LogP contribution in [0.4, 0.5) is 0 Å². The van der Waals surface area contributed by atoms with Crippen LogP contribution in [0.25, 0.3) is 0 Å². The largest absolute Gasteiger partial charge is 0.372 e. The molecule has 1 saturated carbocycles. The Kier molecular flexibility index (Phi) is 5.00. The summed E-state index contributed by atoms with van der Waals surface area (Å²) < 4.78 is 6.25. The van der Waals surface area contributed by atoms with Crippen molar-refractivity contribution in [2.24, 2.45) is 5.92 Å². The van der Waals surface area contributed by atoms with Gasteiger partial charge in [-0.15, -0.1) is 0 Å². The van der Waals surface area contributed by atoms with Gasteiger partial charge in [-0.1, -0.05) is 26.7 Å². The van der Waals surface area contributed by atoms with Crippen LogP contribution in [0.2, 0.25) is 0 Å². The molecular formula is C17H32N2O. The highest BCUT2D eigenvalue weighted by atomic mass is 16.5. The van der Waals surface area contributed by atoms with Gasteiger partial charge in [0.25, 0.3) is 0 Å². The predicted octanol–water partition coefficient (Wildman–Crippen LogP) is 2.80. The maximum atomic E-state index is 6.25. The van der Waals surface area contributed by atoms with Gasteiger partial charge in [0, 0.05) is 25.2 Å². The van der Waals surface area contributed by atoms with E-state index < -0.39 is 0 Å². The van der Waals surface area contributed by atoms with E-state index in [9.17, 15) is 0 Å². The number of hydrogen-bond donors (Lipinski definition) is 1. The molecule has 3 rings (SSSR count). The fourth-order valence-electron chi connectivity index (χ4n) is 4.42. The summed E-state index contributed by atoms with van der Waals surface area (Å²) in [6.45, 7) is 7.96. The summed E-state index contributed by atoms with van der Waals surface area (Å²) in [5.74, 6) is 1.00. The van der Waals surface area contributed by atoms with Crippen molar-refractivity contribution in [3.8, 4) is 0 Å². The van der Waals surface area contributed by atoms with E-state index in [-0.39, 0.29) is 0 Å². The minimum Gasteiger partial charge on any atom is -0.372 e. The van der Waals surface area contributed by atoms with Crippen LogP contribution in [-0.2, 0) is 4.74 Å². The maximum Gasteiger partial charge on any atom is 0.0707 e. The molecule has 116 valence electrons. The van der Waals surface area contributed by atoms with E-state index in [0.29, 0.717) is 18.2 Å². The molecule has 0 radical (unpaired) electrons. The molecule has 0 aromatic heterocycles. The standard InChI is InChI=1S/C17H32N2O/c1-13(2)18-11-15-7-8-16(20-15)12-19-10-9-14-5-3-4-6-17(14)19/h13-18H,3-12H2,1-2H3. The third-order valence-electron chi connectivity index (χ3n) is 5.51. The number of fused-ring (bicyclic) bond motifs is 1. The summed E-state index contributed by atoms with van der Waals surface area (Å²) in [4.78, 5) is 2.76. The summed E-state index contributed by atoms with van der Waals surface area (Å²) >= 11 is 0. The van der Waals surface area contributed by atoms with Crippen LogP contribution in [0, 0.1) is 5.92 Å². The highest BCUT2D eigenvalue weighted by Gasteiger charge is 2.37. The van der Waals surface area contributed by atoms with Crippen LogP contribution in [0.15, 0.2) is 0 Å². The second kappa shape index (κ2) is 6.76. The molecule has 1 N–H and O–H groups in total. The average molecular weight is 280 g/mol. The van der Waals surface area contributed by atoms with Gasteiger partial charge in [-0.2, -0.15) is 0 Å². The molecule has 20 heavy (non-hydrogen) atoms. The lowest BCUT2D eigenvalue weighted by atomic mass is 9.85. The summed E-state index contributed by atoms with van der Waals surface area (Å²) in [6, 6.07) is 1.46. The highest BCUT2D eigenvalue weighted by molar-refractivity contribution is 4.91. The van der Waals surface area contributed by atoms with E-state index in [1.807, 2.05) is 0 Å². The van der Waals surface area contributed by atoms with Gasteiger partial charge in [0.2, 0.25) is 0 Å². The molecule has 2 aliphatic heterocycles. The fourth-order valence-corrected chi connectivity index (χ4v) is 4.42. The van der Waals surface area contributed by atoms with E-state index in [1.165, 1.54) is 58.0 Å². The summed E-state index contributed by atoms with van der Waals surface area (Å²) in [7, 11) is 0. The zero-order chi connectivity index (χ0) is 13.9. The number of nitrogens with zero attached hydrogens (tertiary/aromatic N) is 1. The maximum absolute atomic E-state index is 6.25. The van der Waals surface area contributed by atoms with Crippen LogP contribution in [0.1, 0.15) is 58.8 Å². The highest BCUT2D eigenvalue weighted by Crippen LogP contribution is 2.36. The van der Waals surface area contributed by atoms with Crippen molar-refractivity contribution in [1.29, 1.82) is 0 Å². The molecule has 1 aliphatic carbocycles. The lowest BCUT2D eigenvalue weighted by Crippen LogP contribution is -2.40. The van der Waals surface area contributed by atoms with Gasteiger partial charge < -0.3 is 10.1 Å². The Morgan fingerprint density at radius 1 is 1.05 bits per heavy atom. The van der Waals surface area contributed by atoms with Gasteiger partial charge in [-0.05, 0) is 44.6 Å². The normalized spacial score (nSPS) is 38.5. The van der Waals surface area contributed by atoms with Gasteiger partial charge in [-0.3, -0.25) is 4.90 Å². The lowest BCUT2D eigenvalue weighted by Gasteiger charge is -2.33. The van der Waals surface area contributed by atoms with E-state index in [2.05, 4.69) is 24.1 Å². The molecular weight excluding hydrogens is 248 g/mol. The monoisotopic (exact) mass is 280 g/mol. The second-order valence-corrected chi connectivity index (χ2v) is 7.42. The van der Waals surface area contributed by atoms with Crippen LogP contribution < -0.4 is 5.32 Å². The van der Waals surface area contributed by atoms with Crippen LogP contribution in [0.5, 0.6) is 0 Å². The molecule has 4 unspecified atom stereocenters. The molecule has 0 aromatic rings. The number of likely N-dealkylation sites (tertiary alicyclic amines) is 1. The minimum atomic E-state index is 0.451. The first-order chi connectivity index (χ1) is 9.72. The molecule has 2 heterocycles. The Morgan fingerprint density at radius 3 is 2.70 bits per heavy atom. The van der Waals surface area contributed by atoms with Crippen molar-refractivity contribution in [3.05, 3.63) is 0 Å². The molecule has 3 aliphatic rings. The first kappa shape index (κ1) is 14.8. The number of nitrogens with one attached hydrogen (secondary N) is 1. The Labute approximate surface area is 124 Å². The summed E-state index contributed by atoms with van der Waals surface area (Å²) in [6.07, 6.45) is 10.7. The van der Waals surface area contributed by atoms with Crippen molar-refractivity contribution >= 4 is 0 Å².